The first-order valence-electron chi connectivity index (χ1n) is 4.56. The Morgan fingerprint density at radius 3 is 2.94 bits per heavy atom. The lowest BCUT2D eigenvalue weighted by molar-refractivity contribution is 0.414. The van der Waals surface area contributed by atoms with E-state index >= 15 is 0 Å². The summed E-state index contributed by atoms with van der Waals surface area (Å²) in [5.41, 5.74) is 1.11. The molecule has 6 heteroatoms. The minimum Gasteiger partial charge on any atom is -0.497 e. The largest absolute Gasteiger partial charge is 0.497 e. The van der Waals surface area contributed by atoms with Crippen LogP contribution in [0.5, 0.6) is 5.75 Å². The number of methoxy groups -OCH3 is 1. The van der Waals surface area contributed by atoms with Gasteiger partial charge in [-0.25, -0.2) is 9.67 Å². The van der Waals surface area contributed by atoms with E-state index in [9.17, 15) is 0 Å². The molecule has 0 aliphatic rings. The maximum absolute atomic E-state index is 5.19. The van der Waals surface area contributed by atoms with Gasteiger partial charge in [0, 0.05) is 27.1 Å². The third-order valence-electron chi connectivity index (χ3n) is 2.09. The molecule has 0 bridgehead atoms. The van der Waals surface area contributed by atoms with Gasteiger partial charge in [0.1, 0.15) is 12.1 Å². The smallest absolute Gasteiger partial charge is 0.211 e. The van der Waals surface area contributed by atoms with Crippen LogP contribution >= 0.6 is 38.5 Å². The van der Waals surface area contributed by atoms with E-state index in [1.54, 1.807) is 18.1 Å². The van der Waals surface area contributed by atoms with Crippen LogP contribution in [-0.4, -0.2) is 21.9 Å². The number of benzene rings is 1. The highest BCUT2D eigenvalue weighted by Gasteiger charge is 2.04. The number of rotatable bonds is 3. The Kier molecular flexibility index (Phi) is 3.80. The van der Waals surface area contributed by atoms with Gasteiger partial charge in [-0.05, 0) is 23.8 Å². The van der Waals surface area contributed by atoms with Crippen molar-refractivity contribution in [1.82, 2.24) is 14.8 Å². The molecule has 0 saturated carbocycles. The molecule has 0 saturated heterocycles. The molecule has 0 aliphatic heterocycles. The molecule has 4 nitrogen and oxygen atoms in total. The van der Waals surface area contributed by atoms with E-state index in [1.807, 2.05) is 18.2 Å². The second-order valence-corrected chi connectivity index (χ2v) is 4.99. The van der Waals surface area contributed by atoms with Crippen molar-refractivity contribution in [2.45, 2.75) is 6.54 Å². The zero-order valence-corrected chi connectivity index (χ0v) is 12.3. The Hall–Kier alpha value is -0.630. The molecule has 2 rings (SSSR count). The van der Waals surface area contributed by atoms with Crippen molar-refractivity contribution in [3.8, 4) is 5.75 Å². The first-order chi connectivity index (χ1) is 7.69. The van der Waals surface area contributed by atoms with Crippen molar-refractivity contribution >= 4 is 38.5 Å². The zero-order chi connectivity index (χ0) is 11.5. The highest BCUT2D eigenvalue weighted by atomic mass is 127. The minimum absolute atomic E-state index is 0.674. The van der Waals surface area contributed by atoms with Gasteiger partial charge in [0.25, 0.3) is 0 Å². The summed E-state index contributed by atoms with van der Waals surface area (Å²) >= 11 is 5.59. The molecule has 1 aromatic heterocycles. The predicted octanol–water partition coefficient (Wildman–Crippen LogP) is 2.70. The number of ether oxygens (including phenoxy) is 1. The summed E-state index contributed by atoms with van der Waals surface area (Å²) in [4.78, 5) is 4.08. The minimum atomic E-state index is 0.674. The standard InChI is InChI=1S/C10H9BrIN3O/c1-16-8-2-3-9(11)7(4-8)5-15-6-13-10(12)14-15/h2-4,6H,5H2,1H3. The van der Waals surface area contributed by atoms with Crippen LogP contribution in [0.3, 0.4) is 0 Å². The van der Waals surface area contributed by atoms with Crippen molar-refractivity contribution in [3.63, 3.8) is 0 Å². The van der Waals surface area contributed by atoms with Gasteiger partial charge in [-0.3, -0.25) is 0 Å². The van der Waals surface area contributed by atoms with E-state index < -0.39 is 0 Å². The van der Waals surface area contributed by atoms with Crippen molar-refractivity contribution in [3.05, 3.63) is 38.4 Å². The van der Waals surface area contributed by atoms with E-state index in [1.165, 1.54) is 0 Å². The van der Waals surface area contributed by atoms with Gasteiger partial charge in [-0.1, -0.05) is 15.9 Å². The average molecular weight is 394 g/mol. The van der Waals surface area contributed by atoms with E-state index in [0.717, 1.165) is 19.6 Å². The zero-order valence-electron chi connectivity index (χ0n) is 8.52. The summed E-state index contributed by atoms with van der Waals surface area (Å²) in [6.07, 6.45) is 1.72. The molecule has 2 aromatic rings. The van der Waals surface area contributed by atoms with Crippen molar-refractivity contribution in [1.29, 1.82) is 0 Å². The Bertz CT molecular complexity index is 501. The summed E-state index contributed by atoms with van der Waals surface area (Å²) in [6, 6.07) is 5.87. The molecule has 0 spiro atoms. The topological polar surface area (TPSA) is 39.9 Å². The molecule has 0 amide bonds. The number of hydrogen-bond acceptors (Lipinski definition) is 3. The second-order valence-electron chi connectivity index (χ2n) is 3.17. The quantitative estimate of drug-likeness (QED) is 0.752. The van der Waals surface area contributed by atoms with Crippen LogP contribution in [-0.2, 0) is 6.54 Å². The number of hydrogen-bond donors (Lipinski definition) is 0. The highest BCUT2D eigenvalue weighted by molar-refractivity contribution is 14.1. The third-order valence-corrected chi connectivity index (χ3v) is 3.36. The van der Waals surface area contributed by atoms with Gasteiger partial charge < -0.3 is 4.74 Å². The molecular formula is C10H9BrIN3O. The van der Waals surface area contributed by atoms with Crippen LogP contribution in [0.15, 0.2) is 29.0 Å². The lowest BCUT2D eigenvalue weighted by Crippen LogP contribution is -2.01. The molecular weight excluding hydrogens is 385 g/mol. The summed E-state index contributed by atoms with van der Waals surface area (Å²) in [6.45, 7) is 0.674. The Labute approximate surface area is 115 Å². The summed E-state index contributed by atoms with van der Waals surface area (Å²) in [7, 11) is 1.66. The fourth-order valence-electron chi connectivity index (χ4n) is 1.32. The third kappa shape index (κ3) is 2.73. The summed E-state index contributed by atoms with van der Waals surface area (Å²) < 4.78 is 8.77. The summed E-state index contributed by atoms with van der Waals surface area (Å²) in [5.74, 6) is 0.841. The Morgan fingerprint density at radius 1 is 1.50 bits per heavy atom. The Morgan fingerprint density at radius 2 is 2.31 bits per heavy atom. The lowest BCUT2D eigenvalue weighted by atomic mass is 10.2. The summed E-state index contributed by atoms with van der Waals surface area (Å²) in [5, 5.41) is 4.23. The first kappa shape index (κ1) is 11.8. The van der Waals surface area contributed by atoms with Gasteiger partial charge in [-0.2, -0.15) is 0 Å². The number of halogens is 2. The van der Waals surface area contributed by atoms with Crippen LogP contribution in [0.2, 0.25) is 0 Å². The molecule has 0 fully saturated rings. The molecule has 1 aromatic carbocycles. The molecule has 0 atom stereocenters. The van der Waals surface area contributed by atoms with Crippen LogP contribution in [0.4, 0.5) is 0 Å². The SMILES string of the molecule is COc1ccc(Br)c(Cn2cnc(I)n2)c1. The van der Waals surface area contributed by atoms with Crippen LogP contribution in [0, 0.1) is 3.83 Å². The normalized spacial score (nSPS) is 10.4. The molecule has 0 unspecified atom stereocenters. The van der Waals surface area contributed by atoms with Crippen LogP contribution in [0.25, 0.3) is 0 Å². The predicted molar refractivity (Wildman–Crippen MR) is 72.5 cm³/mol. The number of aromatic nitrogens is 3. The molecule has 1 heterocycles. The van der Waals surface area contributed by atoms with E-state index in [4.69, 9.17) is 4.74 Å². The highest BCUT2D eigenvalue weighted by Crippen LogP contribution is 2.23. The fraction of sp³-hybridized carbons (Fsp3) is 0.200. The molecule has 84 valence electrons. The monoisotopic (exact) mass is 393 g/mol. The van der Waals surface area contributed by atoms with Crippen molar-refractivity contribution in [2.75, 3.05) is 7.11 Å². The van der Waals surface area contributed by atoms with Crippen LogP contribution in [0.1, 0.15) is 5.56 Å². The fourth-order valence-corrected chi connectivity index (χ4v) is 2.10. The second kappa shape index (κ2) is 5.13. The Balaban J connectivity index is 2.26. The number of nitrogens with zero attached hydrogens (tertiary/aromatic N) is 3. The molecule has 0 aliphatic carbocycles. The lowest BCUT2D eigenvalue weighted by Gasteiger charge is -2.06. The van der Waals surface area contributed by atoms with Gasteiger partial charge >= 0.3 is 0 Å². The van der Waals surface area contributed by atoms with Gasteiger partial charge in [0.15, 0.2) is 0 Å². The molecule has 0 N–H and O–H groups in total. The molecule has 16 heavy (non-hydrogen) atoms. The molecule has 0 radical (unpaired) electrons. The maximum atomic E-state index is 5.19. The van der Waals surface area contributed by atoms with Gasteiger partial charge in [0.2, 0.25) is 3.83 Å². The maximum Gasteiger partial charge on any atom is 0.211 e. The van der Waals surface area contributed by atoms with Gasteiger partial charge in [0.05, 0.1) is 13.7 Å². The van der Waals surface area contributed by atoms with E-state index in [-0.39, 0.29) is 0 Å². The average Bonchev–Trinajstić information content (AvgIpc) is 2.67. The van der Waals surface area contributed by atoms with E-state index in [2.05, 4.69) is 48.6 Å². The van der Waals surface area contributed by atoms with Crippen molar-refractivity contribution < 1.29 is 4.74 Å². The van der Waals surface area contributed by atoms with Gasteiger partial charge in [-0.15, -0.1) is 5.10 Å². The van der Waals surface area contributed by atoms with Crippen molar-refractivity contribution in [2.24, 2.45) is 0 Å². The first-order valence-corrected chi connectivity index (χ1v) is 6.43. The van der Waals surface area contributed by atoms with Crippen LogP contribution < -0.4 is 4.74 Å². The van der Waals surface area contributed by atoms with E-state index in [0.29, 0.717) is 6.54 Å².